The lowest BCUT2D eigenvalue weighted by atomic mass is 10.1. The van der Waals surface area contributed by atoms with E-state index >= 15 is 0 Å². The Morgan fingerprint density at radius 2 is 2.21 bits per heavy atom. The van der Waals surface area contributed by atoms with Gasteiger partial charge >= 0.3 is 0 Å². The summed E-state index contributed by atoms with van der Waals surface area (Å²) in [5.74, 6) is 0.953. The Morgan fingerprint density at radius 1 is 1.37 bits per heavy atom. The molecule has 0 amide bonds. The molecule has 2 rings (SSSR count). The van der Waals surface area contributed by atoms with Crippen molar-refractivity contribution in [2.45, 2.75) is 45.8 Å². The number of aryl methyl sites for hydroxylation is 2. The third-order valence-electron chi connectivity index (χ3n) is 3.64. The van der Waals surface area contributed by atoms with Gasteiger partial charge in [-0.05, 0) is 56.9 Å². The van der Waals surface area contributed by atoms with Crippen LogP contribution in [-0.2, 0) is 4.74 Å². The van der Waals surface area contributed by atoms with E-state index in [0.29, 0.717) is 6.10 Å². The van der Waals surface area contributed by atoms with Gasteiger partial charge in [0.25, 0.3) is 0 Å². The van der Waals surface area contributed by atoms with Gasteiger partial charge in [0.05, 0.1) is 6.10 Å². The molecule has 1 heterocycles. The summed E-state index contributed by atoms with van der Waals surface area (Å²) in [5, 5.41) is 3.42. The minimum Gasteiger partial charge on any atom is -0.489 e. The van der Waals surface area contributed by atoms with Gasteiger partial charge in [0, 0.05) is 19.7 Å². The van der Waals surface area contributed by atoms with Crippen molar-refractivity contribution < 1.29 is 9.47 Å². The maximum absolute atomic E-state index is 5.91. The molecule has 0 radical (unpaired) electrons. The van der Waals surface area contributed by atoms with Gasteiger partial charge < -0.3 is 14.8 Å². The van der Waals surface area contributed by atoms with Crippen molar-refractivity contribution in [3.63, 3.8) is 0 Å². The molecule has 1 aromatic rings. The molecule has 0 bridgehead atoms. The van der Waals surface area contributed by atoms with Gasteiger partial charge in [-0.2, -0.15) is 0 Å². The fourth-order valence-corrected chi connectivity index (χ4v) is 2.31. The molecule has 1 saturated heterocycles. The van der Waals surface area contributed by atoms with Crippen LogP contribution in [-0.4, -0.2) is 31.9 Å². The first-order valence-electron chi connectivity index (χ1n) is 7.21. The van der Waals surface area contributed by atoms with E-state index in [1.54, 1.807) is 0 Å². The molecule has 2 unspecified atom stereocenters. The Balaban J connectivity index is 1.70. The number of hydrogen-bond donors (Lipinski definition) is 1. The minimum atomic E-state index is 0.170. The Hall–Kier alpha value is -1.06. The second-order valence-electron chi connectivity index (χ2n) is 5.47. The van der Waals surface area contributed by atoms with Crippen molar-refractivity contribution in [1.29, 1.82) is 0 Å². The summed E-state index contributed by atoms with van der Waals surface area (Å²) >= 11 is 0. The summed E-state index contributed by atoms with van der Waals surface area (Å²) in [6.45, 7) is 9.03. The first-order chi connectivity index (χ1) is 9.15. The van der Waals surface area contributed by atoms with Crippen molar-refractivity contribution in [2.75, 3.05) is 19.7 Å². The largest absolute Gasteiger partial charge is 0.489 e. The summed E-state index contributed by atoms with van der Waals surface area (Å²) < 4.78 is 11.5. The first-order valence-corrected chi connectivity index (χ1v) is 7.21. The van der Waals surface area contributed by atoms with E-state index in [2.05, 4.69) is 38.2 Å². The van der Waals surface area contributed by atoms with Crippen LogP contribution in [0, 0.1) is 13.8 Å². The molecule has 1 aliphatic rings. The van der Waals surface area contributed by atoms with Gasteiger partial charge in [0.1, 0.15) is 11.9 Å². The average Bonchev–Trinajstić information content (AvgIpc) is 2.87. The van der Waals surface area contributed by atoms with Crippen molar-refractivity contribution in [2.24, 2.45) is 0 Å². The minimum absolute atomic E-state index is 0.170. The van der Waals surface area contributed by atoms with E-state index in [-0.39, 0.29) is 6.10 Å². The zero-order valence-corrected chi connectivity index (χ0v) is 12.2. The average molecular weight is 263 g/mol. The molecule has 0 spiro atoms. The summed E-state index contributed by atoms with van der Waals surface area (Å²) in [6.07, 6.45) is 2.94. The van der Waals surface area contributed by atoms with Gasteiger partial charge in [0.2, 0.25) is 0 Å². The lowest BCUT2D eigenvalue weighted by Gasteiger charge is -2.17. The predicted molar refractivity (Wildman–Crippen MR) is 77.8 cm³/mol. The summed E-state index contributed by atoms with van der Waals surface area (Å²) in [7, 11) is 0. The number of rotatable bonds is 6. The van der Waals surface area contributed by atoms with E-state index in [1.165, 1.54) is 24.0 Å². The SMILES string of the molecule is Cc1ccc(OC(C)CNCC2CCCO2)cc1C. The Labute approximate surface area is 116 Å². The fourth-order valence-electron chi connectivity index (χ4n) is 2.31. The van der Waals surface area contributed by atoms with E-state index in [9.17, 15) is 0 Å². The van der Waals surface area contributed by atoms with Crippen LogP contribution in [0.3, 0.4) is 0 Å². The molecule has 0 aromatic heterocycles. The quantitative estimate of drug-likeness (QED) is 0.856. The standard InChI is InChI=1S/C16H25NO2/c1-12-6-7-15(9-13(12)2)19-14(3)10-17-11-16-5-4-8-18-16/h6-7,9,14,16-17H,4-5,8,10-11H2,1-3H3. The summed E-state index contributed by atoms with van der Waals surface area (Å²) in [5.41, 5.74) is 2.58. The number of ether oxygens (including phenoxy) is 2. The molecule has 0 aliphatic carbocycles. The highest BCUT2D eigenvalue weighted by atomic mass is 16.5. The van der Waals surface area contributed by atoms with Crippen LogP contribution < -0.4 is 10.1 Å². The molecule has 1 fully saturated rings. The zero-order chi connectivity index (χ0) is 13.7. The molecule has 19 heavy (non-hydrogen) atoms. The number of benzene rings is 1. The van der Waals surface area contributed by atoms with Crippen LogP contribution in [0.15, 0.2) is 18.2 Å². The topological polar surface area (TPSA) is 30.5 Å². The Bertz CT molecular complexity index is 400. The molecule has 1 N–H and O–H groups in total. The van der Waals surface area contributed by atoms with E-state index in [4.69, 9.17) is 9.47 Å². The van der Waals surface area contributed by atoms with Crippen LogP contribution >= 0.6 is 0 Å². The second-order valence-corrected chi connectivity index (χ2v) is 5.47. The molecule has 2 atom stereocenters. The highest BCUT2D eigenvalue weighted by molar-refractivity contribution is 5.33. The molecular weight excluding hydrogens is 238 g/mol. The highest BCUT2D eigenvalue weighted by Gasteiger charge is 2.15. The highest BCUT2D eigenvalue weighted by Crippen LogP contribution is 2.17. The van der Waals surface area contributed by atoms with E-state index in [0.717, 1.165) is 25.4 Å². The van der Waals surface area contributed by atoms with E-state index in [1.807, 2.05) is 6.07 Å². The van der Waals surface area contributed by atoms with Gasteiger partial charge in [-0.25, -0.2) is 0 Å². The number of hydrogen-bond acceptors (Lipinski definition) is 3. The molecule has 0 saturated carbocycles. The molecule has 1 aromatic carbocycles. The second kappa shape index (κ2) is 6.92. The van der Waals surface area contributed by atoms with Crippen LogP contribution in [0.2, 0.25) is 0 Å². The van der Waals surface area contributed by atoms with Gasteiger partial charge in [0.15, 0.2) is 0 Å². The van der Waals surface area contributed by atoms with Crippen LogP contribution in [0.1, 0.15) is 30.9 Å². The van der Waals surface area contributed by atoms with Crippen molar-refractivity contribution in [1.82, 2.24) is 5.32 Å². The van der Waals surface area contributed by atoms with Gasteiger partial charge in [-0.3, -0.25) is 0 Å². The van der Waals surface area contributed by atoms with Crippen LogP contribution in [0.25, 0.3) is 0 Å². The maximum Gasteiger partial charge on any atom is 0.120 e. The normalized spacial score (nSPS) is 20.5. The summed E-state index contributed by atoms with van der Waals surface area (Å²) in [6, 6.07) is 6.25. The third-order valence-corrected chi connectivity index (χ3v) is 3.64. The van der Waals surface area contributed by atoms with Gasteiger partial charge in [-0.1, -0.05) is 6.07 Å². The fraction of sp³-hybridized carbons (Fsp3) is 0.625. The Morgan fingerprint density at radius 3 is 2.89 bits per heavy atom. The van der Waals surface area contributed by atoms with Crippen LogP contribution in [0.4, 0.5) is 0 Å². The lowest BCUT2D eigenvalue weighted by molar-refractivity contribution is 0.106. The molecular formula is C16H25NO2. The lowest BCUT2D eigenvalue weighted by Crippen LogP contribution is -2.34. The smallest absolute Gasteiger partial charge is 0.120 e. The maximum atomic E-state index is 5.91. The molecule has 1 aliphatic heterocycles. The van der Waals surface area contributed by atoms with Gasteiger partial charge in [-0.15, -0.1) is 0 Å². The molecule has 3 heteroatoms. The van der Waals surface area contributed by atoms with Crippen LogP contribution in [0.5, 0.6) is 5.75 Å². The molecule has 106 valence electrons. The summed E-state index contributed by atoms with van der Waals surface area (Å²) in [4.78, 5) is 0. The zero-order valence-electron chi connectivity index (χ0n) is 12.2. The monoisotopic (exact) mass is 263 g/mol. The third kappa shape index (κ3) is 4.51. The van der Waals surface area contributed by atoms with Crippen molar-refractivity contribution >= 4 is 0 Å². The molecule has 3 nitrogen and oxygen atoms in total. The van der Waals surface area contributed by atoms with E-state index < -0.39 is 0 Å². The number of nitrogens with one attached hydrogen (secondary N) is 1. The first kappa shape index (κ1) is 14.4. The van der Waals surface area contributed by atoms with Crippen molar-refractivity contribution in [3.8, 4) is 5.75 Å². The van der Waals surface area contributed by atoms with Crippen molar-refractivity contribution in [3.05, 3.63) is 29.3 Å². The predicted octanol–water partition coefficient (Wildman–Crippen LogP) is 2.84. The Kier molecular flexibility index (Phi) is 5.23.